The fourth-order valence-corrected chi connectivity index (χ4v) is 0.874. The summed E-state index contributed by atoms with van der Waals surface area (Å²) >= 11 is 0. The zero-order valence-corrected chi connectivity index (χ0v) is 6.77. The van der Waals surface area contributed by atoms with Gasteiger partial charge < -0.3 is 5.73 Å². The van der Waals surface area contributed by atoms with Crippen molar-refractivity contribution in [2.24, 2.45) is 5.73 Å². The van der Waals surface area contributed by atoms with Crippen molar-refractivity contribution in [3.05, 3.63) is 0 Å². The number of nitrogens with two attached hydrogens (primary N) is 1. The molecule has 2 N–H and O–H groups in total. The third-order valence-corrected chi connectivity index (χ3v) is 1.58. The molecule has 0 aliphatic rings. The summed E-state index contributed by atoms with van der Waals surface area (Å²) in [6.07, 6.45) is 11.1. The van der Waals surface area contributed by atoms with E-state index in [0.717, 1.165) is 6.42 Å². The van der Waals surface area contributed by atoms with Crippen LogP contribution in [0.5, 0.6) is 0 Å². The third kappa shape index (κ3) is 5.65. The van der Waals surface area contributed by atoms with E-state index in [1.165, 1.54) is 25.7 Å². The summed E-state index contributed by atoms with van der Waals surface area (Å²) < 4.78 is 0. The summed E-state index contributed by atoms with van der Waals surface area (Å²) in [5.41, 5.74) is 5.52. The first-order valence-electron chi connectivity index (χ1n) is 4.03. The Kier molecular flexibility index (Phi) is 6.32. The highest BCUT2D eigenvalue weighted by Gasteiger charge is 1.94. The maximum Gasteiger partial charge on any atom is 0.0661 e. The Hall–Kier alpha value is -0.480. The first-order valence-corrected chi connectivity index (χ1v) is 4.03. The first-order chi connectivity index (χ1) is 4.81. The SMILES string of the molecule is C#CC(N)CCCCCC. The fourth-order valence-electron chi connectivity index (χ4n) is 0.874. The van der Waals surface area contributed by atoms with E-state index in [4.69, 9.17) is 12.2 Å². The minimum Gasteiger partial charge on any atom is -0.318 e. The van der Waals surface area contributed by atoms with Crippen molar-refractivity contribution in [2.45, 2.75) is 45.1 Å². The number of unbranched alkanes of at least 4 members (excludes halogenated alkanes) is 3. The molecular weight excluding hydrogens is 122 g/mol. The second-order valence-electron chi connectivity index (χ2n) is 2.62. The molecule has 1 atom stereocenters. The fraction of sp³-hybridized carbons (Fsp3) is 0.778. The van der Waals surface area contributed by atoms with Crippen LogP contribution in [0, 0.1) is 12.3 Å². The maximum atomic E-state index is 5.52. The zero-order valence-electron chi connectivity index (χ0n) is 6.77. The van der Waals surface area contributed by atoms with Gasteiger partial charge in [-0.15, -0.1) is 6.42 Å². The van der Waals surface area contributed by atoms with Crippen LogP contribution in [0.3, 0.4) is 0 Å². The van der Waals surface area contributed by atoms with Gasteiger partial charge in [0.1, 0.15) is 0 Å². The lowest BCUT2D eigenvalue weighted by Crippen LogP contribution is -2.16. The summed E-state index contributed by atoms with van der Waals surface area (Å²) in [6, 6.07) is -0.0168. The van der Waals surface area contributed by atoms with Crippen molar-refractivity contribution in [2.75, 3.05) is 0 Å². The minimum atomic E-state index is -0.0168. The van der Waals surface area contributed by atoms with Crippen molar-refractivity contribution < 1.29 is 0 Å². The van der Waals surface area contributed by atoms with Gasteiger partial charge in [0.2, 0.25) is 0 Å². The molecule has 1 heteroatoms. The number of rotatable bonds is 5. The number of terminal acetylenes is 1. The lowest BCUT2D eigenvalue weighted by atomic mass is 10.1. The van der Waals surface area contributed by atoms with Gasteiger partial charge in [0.05, 0.1) is 6.04 Å². The molecule has 0 aromatic rings. The van der Waals surface area contributed by atoms with E-state index in [9.17, 15) is 0 Å². The molecule has 0 aliphatic carbocycles. The van der Waals surface area contributed by atoms with Gasteiger partial charge in [0, 0.05) is 0 Å². The van der Waals surface area contributed by atoms with Crippen LogP contribution in [0.4, 0.5) is 0 Å². The average molecular weight is 139 g/mol. The molecule has 0 saturated heterocycles. The maximum absolute atomic E-state index is 5.52. The quantitative estimate of drug-likeness (QED) is 0.457. The predicted octanol–water partition coefficient (Wildman–Crippen LogP) is 1.92. The smallest absolute Gasteiger partial charge is 0.0661 e. The Morgan fingerprint density at radius 3 is 2.60 bits per heavy atom. The predicted molar refractivity (Wildman–Crippen MR) is 45.6 cm³/mol. The molecule has 0 heterocycles. The second-order valence-corrected chi connectivity index (χ2v) is 2.62. The molecule has 0 aromatic carbocycles. The van der Waals surface area contributed by atoms with E-state index in [1.807, 2.05) is 0 Å². The Bertz CT molecular complexity index is 102. The summed E-state index contributed by atoms with van der Waals surface area (Å²) in [4.78, 5) is 0. The van der Waals surface area contributed by atoms with Crippen LogP contribution in [0.1, 0.15) is 39.0 Å². The van der Waals surface area contributed by atoms with Crippen LogP contribution in [-0.2, 0) is 0 Å². The molecule has 1 nitrogen and oxygen atoms in total. The summed E-state index contributed by atoms with van der Waals surface area (Å²) in [6.45, 7) is 2.20. The van der Waals surface area contributed by atoms with Crippen LogP contribution in [0.15, 0.2) is 0 Å². The highest BCUT2D eigenvalue weighted by Crippen LogP contribution is 2.03. The zero-order chi connectivity index (χ0) is 7.82. The third-order valence-electron chi connectivity index (χ3n) is 1.58. The Labute approximate surface area is 64.0 Å². The van der Waals surface area contributed by atoms with E-state index >= 15 is 0 Å². The molecule has 58 valence electrons. The van der Waals surface area contributed by atoms with Crippen LogP contribution >= 0.6 is 0 Å². The van der Waals surface area contributed by atoms with Crippen LogP contribution in [0.2, 0.25) is 0 Å². The first kappa shape index (κ1) is 9.52. The normalized spacial score (nSPS) is 12.5. The number of hydrogen-bond donors (Lipinski definition) is 1. The van der Waals surface area contributed by atoms with Crippen molar-refractivity contribution in [3.8, 4) is 12.3 Å². The van der Waals surface area contributed by atoms with Gasteiger partial charge in [0.25, 0.3) is 0 Å². The van der Waals surface area contributed by atoms with E-state index in [-0.39, 0.29) is 6.04 Å². The van der Waals surface area contributed by atoms with Crippen molar-refractivity contribution in [1.82, 2.24) is 0 Å². The topological polar surface area (TPSA) is 26.0 Å². The standard InChI is InChI=1S/C9H17N/c1-3-5-6-7-8-9(10)4-2/h2,9H,3,5-8,10H2,1H3. The molecule has 0 saturated carbocycles. The van der Waals surface area contributed by atoms with Crippen LogP contribution in [0.25, 0.3) is 0 Å². The van der Waals surface area contributed by atoms with Crippen LogP contribution < -0.4 is 5.73 Å². The molecule has 0 aliphatic heterocycles. The lowest BCUT2D eigenvalue weighted by Gasteiger charge is -2.01. The van der Waals surface area contributed by atoms with Gasteiger partial charge in [0.15, 0.2) is 0 Å². The highest BCUT2D eigenvalue weighted by atomic mass is 14.6. The van der Waals surface area contributed by atoms with E-state index in [0.29, 0.717) is 0 Å². The average Bonchev–Trinajstić information content (AvgIpc) is 1.98. The molecule has 0 radical (unpaired) electrons. The second kappa shape index (κ2) is 6.64. The minimum absolute atomic E-state index is 0.0168. The van der Waals surface area contributed by atoms with Crippen molar-refractivity contribution in [1.29, 1.82) is 0 Å². The monoisotopic (exact) mass is 139 g/mol. The van der Waals surface area contributed by atoms with Gasteiger partial charge in [-0.05, 0) is 6.42 Å². The molecule has 0 amide bonds. The molecule has 0 aromatic heterocycles. The molecule has 0 spiro atoms. The molecular formula is C9H17N. The van der Waals surface area contributed by atoms with Gasteiger partial charge in [-0.25, -0.2) is 0 Å². The molecule has 1 unspecified atom stereocenters. The molecule has 0 bridgehead atoms. The Balaban J connectivity index is 2.98. The number of hydrogen-bond acceptors (Lipinski definition) is 1. The Morgan fingerprint density at radius 1 is 1.40 bits per heavy atom. The van der Waals surface area contributed by atoms with Crippen molar-refractivity contribution in [3.63, 3.8) is 0 Å². The van der Waals surface area contributed by atoms with E-state index in [2.05, 4.69) is 12.8 Å². The summed E-state index contributed by atoms with van der Waals surface area (Å²) in [5, 5.41) is 0. The largest absolute Gasteiger partial charge is 0.318 e. The molecule has 0 fully saturated rings. The Morgan fingerprint density at radius 2 is 2.10 bits per heavy atom. The lowest BCUT2D eigenvalue weighted by molar-refractivity contribution is 0.607. The highest BCUT2D eigenvalue weighted by molar-refractivity contribution is 4.95. The molecule has 10 heavy (non-hydrogen) atoms. The van der Waals surface area contributed by atoms with Gasteiger partial charge in [-0.1, -0.05) is 38.5 Å². The van der Waals surface area contributed by atoms with E-state index < -0.39 is 0 Å². The van der Waals surface area contributed by atoms with Gasteiger partial charge >= 0.3 is 0 Å². The van der Waals surface area contributed by atoms with Gasteiger partial charge in [-0.3, -0.25) is 0 Å². The summed E-state index contributed by atoms with van der Waals surface area (Å²) in [5.74, 6) is 2.52. The van der Waals surface area contributed by atoms with Gasteiger partial charge in [-0.2, -0.15) is 0 Å². The molecule has 0 rings (SSSR count). The van der Waals surface area contributed by atoms with E-state index in [1.54, 1.807) is 0 Å². The van der Waals surface area contributed by atoms with Crippen LogP contribution in [-0.4, -0.2) is 6.04 Å². The summed E-state index contributed by atoms with van der Waals surface area (Å²) in [7, 11) is 0. The van der Waals surface area contributed by atoms with Crippen molar-refractivity contribution >= 4 is 0 Å².